The van der Waals surface area contributed by atoms with E-state index < -0.39 is 6.10 Å². The number of nitrogens with zero attached hydrogens (tertiary/aromatic N) is 1. The molecule has 0 bridgehead atoms. The van der Waals surface area contributed by atoms with E-state index in [2.05, 4.69) is 4.57 Å². The molecule has 1 aromatic carbocycles. The van der Waals surface area contributed by atoms with Gasteiger partial charge in [0.25, 0.3) is 0 Å². The third-order valence-corrected chi connectivity index (χ3v) is 2.73. The summed E-state index contributed by atoms with van der Waals surface area (Å²) in [5.74, 6) is 0. The van der Waals surface area contributed by atoms with Gasteiger partial charge in [-0.25, -0.2) is 0 Å². The molecule has 15 heavy (non-hydrogen) atoms. The summed E-state index contributed by atoms with van der Waals surface area (Å²) in [6.45, 7) is 0.508. The first-order valence-corrected chi connectivity index (χ1v) is 5.15. The summed E-state index contributed by atoms with van der Waals surface area (Å²) in [6, 6.07) is 8.07. The van der Waals surface area contributed by atoms with Gasteiger partial charge in [0.05, 0.1) is 6.10 Å². The van der Waals surface area contributed by atoms with Crippen LogP contribution in [-0.2, 0) is 7.05 Å². The summed E-state index contributed by atoms with van der Waals surface area (Å²) in [5, 5.41) is 11.0. The van der Waals surface area contributed by atoms with Crippen LogP contribution in [0.4, 0.5) is 0 Å². The molecule has 0 aliphatic rings. The second-order valence-corrected chi connectivity index (χ2v) is 3.84. The SMILES string of the molecule is Cn1ccc2cc([C@H](O)CCN)ccc21. The number of nitrogens with two attached hydrogens (primary N) is 1. The van der Waals surface area contributed by atoms with Crippen molar-refractivity contribution in [3.8, 4) is 0 Å². The van der Waals surface area contributed by atoms with Crippen LogP contribution < -0.4 is 5.73 Å². The lowest BCUT2D eigenvalue weighted by Gasteiger charge is -2.09. The highest BCUT2D eigenvalue weighted by molar-refractivity contribution is 5.80. The van der Waals surface area contributed by atoms with E-state index in [0.29, 0.717) is 13.0 Å². The van der Waals surface area contributed by atoms with Crippen molar-refractivity contribution < 1.29 is 5.11 Å². The van der Waals surface area contributed by atoms with Gasteiger partial charge in [0.2, 0.25) is 0 Å². The van der Waals surface area contributed by atoms with E-state index in [1.54, 1.807) is 0 Å². The Labute approximate surface area is 89.1 Å². The highest BCUT2D eigenvalue weighted by atomic mass is 16.3. The van der Waals surface area contributed by atoms with Crippen molar-refractivity contribution in [2.45, 2.75) is 12.5 Å². The van der Waals surface area contributed by atoms with Crippen LogP contribution in [0.5, 0.6) is 0 Å². The molecule has 0 radical (unpaired) electrons. The lowest BCUT2D eigenvalue weighted by molar-refractivity contribution is 0.170. The predicted molar refractivity (Wildman–Crippen MR) is 61.6 cm³/mol. The summed E-state index contributed by atoms with van der Waals surface area (Å²) >= 11 is 0. The fraction of sp³-hybridized carbons (Fsp3) is 0.333. The number of fused-ring (bicyclic) bond motifs is 1. The van der Waals surface area contributed by atoms with Gasteiger partial charge in [-0.3, -0.25) is 0 Å². The third kappa shape index (κ3) is 1.89. The Bertz CT molecular complexity index is 462. The maximum absolute atomic E-state index is 9.80. The smallest absolute Gasteiger partial charge is 0.0802 e. The van der Waals surface area contributed by atoms with E-state index in [-0.39, 0.29) is 0 Å². The normalized spacial score (nSPS) is 13.3. The van der Waals surface area contributed by atoms with Crippen LogP contribution in [-0.4, -0.2) is 16.2 Å². The lowest BCUT2D eigenvalue weighted by Crippen LogP contribution is -2.06. The zero-order chi connectivity index (χ0) is 10.8. The van der Waals surface area contributed by atoms with Crippen molar-refractivity contribution in [3.05, 3.63) is 36.0 Å². The Balaban J connectivity index is 2.38. The number of aromatic nitrogens is 1. The maximum Gasteiger partial charge on any atom is 0.0802 e. The molecule has 0 fully saturated rings. The monoisotopic (exact) mass is 204 g/mol. The second-order valence-electron chi connectivity index (χ2n) is 3.84. The standard InChI is InChI=1S/C12H16N2O/c1-14-7-5-9-8-10(2-3-11(9)14)12(15)4-6-13/h2-3,5,7-8,12,15H,4,6,13H2,1H3/t12-/m1/s1. The summed E-state index contributed by atoms with van der Waals surface area (Å²) in [4.78, 5) is 0. The minimum Gasteiger partial charge on any atom is -0.388 e. The molecule has 1 atom stereocenters. The molecule has 3 N–H and O–H groups in total. The maximum atomic E-state index is 9.80. The molecule has 0 amide bonds. The number of rotatable bonds is 3. The van der Waals surface area contributed by atoms with Crippen molar-refractivity contribution in [3.63, 3.8) is 0 Å². The molecule has 1 aromatic heterocycles. The van der Waals surface area contributed by atoms with Gasteiger partial charge in [0.1, 0.15) is 0 Å². The van der Waals surface area contributed by atoms with E-state index in [9.17, 15) is 5.11 Å². The van der Waals surface area contributed by atoms with Gasteiger partial charge in [-0.2, -0.15) is 0 Å². The van der Waals surface area contributed by atoms with Gasteiger partial charge in [-0.15, -0.1) is 0 Å². The lowest BCUT2D eigenvalue weighted by atomic mass is 10.0. The molecule has 0 saturated heterocycles. The Morgan fingerprint density at radius 3 is 2.93 bits per heavy atom. The largest absolute Gasteiger partial charge is 0.388 e. The molecule has 3 heteroatoms. The molecule has 2 aromatic rings. The highest BCUT2D eigenvalue weighted by Crippen LogP contribution is 2.22. The topological polar surface area (TPSA) is 51.2 Å². The first-order chi connectivity index (χ1) is 7.22. The van der Waals surface area contributed by atoms with Crippen molar-refractivity contribution in [1.82, 2.24) is 4.57 Å². The minimum absolute atomic E-state index is 0.445. The molecule has 3 nitrogen and oxygen atoms in total. The van der Waals surface area contributed by atoms with Crippen LogP contribution in [0.2, 0.25) is 0 Å². The van der Waals surface area contributed by atoms with Crippen LogP contribution >= 0.6 is 0 Å². The fourth-order valence-corrected chi connectivity index (χ4v) is 1.83. The molecular weight excluding hydrogens is 188 g/mol. The van der Waals surface area contributed by atoms with Crippen LogP contribution in [0.1, 0.15) is 18.1 Å². The van der Waals surface area contributed by atoms with Crippen molar-refractivity contribution >= 4 is 10.9 Å². The number of hydrogen-bond acceptors (Lipinski definition) is 2. The molecule has 2 rings (SSSR count). The van der Waals surface area contributed by atoms with Gasteiger partial charge in [0.15, 0.2) is 0 Å². The summed E-state index contributed by atoms with van der Waals surface area (Å²) in [5.41, 5.74) is 7.54. The van der Waals surface area contributed by atoms with Gasteiger partial charge >= 0.3 is 0 Å². The number of aryl methyl sites for hydroxylation is 1. The van der Waals surface area contributed by atoms with E-state index in [0.717, 1.165) is 10.9 Å². The zero-order valence-corrected chi connectivity index (χ0v) is 8.85. The van der Waals surface area contributed by atoms with Crippen molar-refractivity contribution in [2.75, 3.05) is 6.54 Å². The fourth-order valence-electron chi connectivity index (χ4n) is 1.83. The summed E-state index contributed by atoms with van der Waals surface area (Å²) < 4.78 is 2.06. The zero-order valence-electron chi connectivity index (χ0n) is 8.85. The molecule has 0 aliphatic carbocycles. The second kappa shape index (κ2) is 4.04. The van der Waals surface area contributed by atoms with E-state index in [1.807, 2.05) is 37.5 Å². The van der Waals surface area contributed by atoms with Crippen LogP contribution in [0.3, 0.4) is 0 Å². The minimum atomic E-state index is -0.445. The quantitative estimate of drug-likeness (QED) is 0.797. The third-order valence-electron chi connectivity index (χ3n) is 2.73. The molecule has 0 saturated carbocycles. The van der Waals surface area contributed by atoms with Crippen molar-refractivity contribution in [2.24, 2.45) is 12.8 Å². The van der Waals surface area contributed by atoms with E-state index >= 15 is 0 Å². The summed E-state index contributed by atoms with van der Waals surface area (Å²) in [7, 11) is 2.01. The average molecular weight is 204 g/mol. The molecular formula is C12H16N2O. The van der Waals surface area contributed by atoms with E-state index in [4.69, 9.17) is 5.73 Å². The van der Waals surface area contributed by atoms with Crippen molar-refractivity contribution in [1.29, 1.82) is 0 Å². The number of aliphatic hydroxyl groups is 1. The highest BCUT2D eigenvalue weighted by Gasteiger charge is 2.07. The summed E-state index contributed by atoms with van der Waals surface area (Å²) in [6.07, 6.45) is 2.18. The molecule has 0 unspecified atom stereocenters. The molecule has 80 valence electrons. The molecule has 1 heterocycles. The number of benzene rings is 1. The van der Waals surface area contributed by atoms with Gasteiger partial charge in [0, 0.05) is 18.8 Å². The van der Waals surface area contributed by atoms with Gasteiger partial charge in [-0.1, -0.05) is 6.07 Å². The van der Waals surface area contributed by atoms with E-state index in [1.165, 1.54) is 5.52 Å². The Morgan fingerprint density at radius 1 is 1.40 bits per heavy atom. The van der Waals surface area contributed by atoms with Gasteiger partial charge in [-0.05, 0) is 42.1 Å². The Morgan fingerprint density at radius 2 is 2.20 bits per heavy atom. The molecule has 0 spiro atoms. The van der Waals surface area contributed by atoms with Gasteiger partial charge < -0.3 is 15.4 Å². The van der Waals surface area contributed by atoms with Crippen LogP contribution in [0, 0.1) is 0 Å². The first-order valence-electron chi connectivity index (χ1n) is 5.15. The first kappa shape index (κ1) is 10.2. The Hall–Kier alpha value is -1.32. The number of hydrogen-bond donors (Lipinski definition) is 2. The number of aliphatic hydroxyl groups excluding tert-OH is 1. The van der Waals surface area contributed by atoms with Crippen LogP contribution in [0.25, 0.3) is 10.9 Å². The molecule has 0 aliphatic heterocycles. The average Bonchev–Trinajstić information content (AvgIpc) is 2.60. The van der Waals surface area contributed by atoms with Crippen LogP contribution in [0.15, 0.2) is 30.5 Å². The predicted octanol–water partition coefficient (Wildman–Crippen LogP) is 1.56. The Kier molecular flexibility index (Phi) is 2.75.